The Morgan fingerprint density at radius 3 is 2.81 bits per heavy atom. The van der Waals surface area contributed by atoms with Gasteiger partial charge >= 0.3 is 0 Å². The Balaban J connectivity index is 2.43. The Hall–Kier alpha value is -1.00. The van der Waals surface area contributed by atoms with E-state index in [2.05, 4.69) is 0 Å². The molecule has 1 aromatic carbocycles. The van der Waals surface area contributed by atoms with E-state index < -0.39 is 16.8 Å². The van der Waals surface area contributed by atoms with Crippen molar-refractivity contribution in [2.45, 2.75) is 18.6 Å². The van der Waals surface area contributed by atoms with Crippen LogP contribution in [-0.4, -0.2) is 54.3 Å². The lowest BCUT2D eigenvalue weighted by molar-refractivity contribution is -0.384. The van der Waals surface area contributed by atoms with E-state index in [1.54, 1.807) is 27.5 Å². The van der Waals surface area contributed by atoms with Crippen LogP contribution in [0.2, 0.25) is 0 Å². The van der Waals surface area contributed by atoms with Crippen molar-refractivity contribution in [2.75, 3.05) is 32.1 Å². The predicted molar refractivity (Wildman–Crippen MR) is 86.1 cm³/mol. The standard InChI is InChI=1S/C13H17FIN3O3/c1-16(2)6-8-3-9(19)7-17(8)12-4-10(14)11(15)5-13(12)18(20)21/h4-5,8-9,19H,3,6-7H2,1-2H3. The van der Waals surface area contributed by atoms with Gasteiger partial charge in [0.2, 0.25) is 0 Å². The Labute approximate surface area is 135 Å². The average Bonchev–Trinajstić information content (AvgIpc) is 2.71. The van der Waals surface area contributed by atoms with E-state index in [1.807, 2.05) is 19.0 Å². The molecule has 0 amide bonds. The van der Waals surface area contributed by atoms with Gasteiger partial charge in [0, 0.05) is 31.3 Å². The molecule has 0 spiro atoms. The third kappa shape index (κ3) is 3.61. The number of nitro benzene ring substituents is 1. The van der Waals surface area contributed by atoms with E-state index in [9.17, 15) is 19.6 Å². The van der Waals surface area contributed by atoms with Crippen molar-refractivity contribution in [3.8, 4) is 0 Å². The lowest BCUT2D eigenvalue weighted by atomic mass is 10.1. The molecule has 2 rings (SSSR count). The molecule has 0 radical (unpaired) electrons. The number of hydrogen-bond acceptors (Lipinski definition) is 5. The number of rotatable bonds is 4. The minimum atomic E-state index is -0.558. The van der Waals surface area contributed by atoms with Gasteiger partial charge in [-0.15, -0.1) is 0 Å². The smallest absolute Gasteiger partial charge is 0.293 e. The third-order valence-corrected chi connectivity index (χ3v) is 4.32. The van der Waals surface area contributed by atoms with Gasteiger partial charge in [-0.05, 0) is 43.1 Å². The number of aliphatic hydroxyl groups is 1. The first-order chi connectivity index (χ1) is 9.79. The first kappa shape index (κ1) is 16.4. The number of nitro groups is 1. The fourth-order valence-corrected chi connectivity index (χ4v) is 3.13. The van der Waals surface area contributed by atoms with Crippen LogP contribution in [0.4, 0.5) is 15.8 Å². The Kier molecular flexibility index (Phi) is 4.99. The molecule has 1 fully saturated rings. The second-order valence-electron chi connectivity index (χ2n) is 5.47. The van der Waals surface area contributed by atoms with Crippen molar-refractivity contribution < 1.29 is 14.4 Å². The fraction of sp³-hybridized carbons (Fsp3) is 0.538. The van der Waals surface area contributed by atoms with Gasteiger partial charge in [-0.2, -0.15) is 0 Å². The molecule has 21 heavy (non-hydrogen) atoms. The normalized spacial score (nSPS) is 22.1. The van der Waals surface area contributed by atoms with E-state index in [4.69, 9.17) is 0 Å². The maximum absolute atomic E-state index is 13.8. The molecule has 2 atom stereocenters. The number of β-amino-alcohol motifs (C(OH)–C–C–N with tert-alkyl or cyclic N) is 1. The van der Waals surface area contributed by atoms with E-state index in [0.717, 1.165) is 0 Å². The highest BCUT2D eigenvalue weighted by atomic mass is 127. The summed E-state index contributed by atoms with van der Waals surface area (Å²) < 4.78 is 14.0. The Bertz CT molecular complexity index is 556. The highest BCUT2D eigenvalue weighted by Gasteiger charge is 2.35. The van der Waals surface area contributed by atoms with Crippen LogP contribution in [0, 0.1) is 19.5 Å². The van der Waals surface area contributed by atoms with Crippen molar-refractivity contribution in [3.63, 3.8) is 0 Å². The van der Waals surface area contributed by atoms with Crippen LogP contribution in [0.1, 0.15) is 6.42 Å². The summed E-state index contributed by atoms with van der Waals surface area (Å²) in [6.45, 7) is 0.918. The molecule has 0 saturated carbocycles. The fourth-order valence-electron chi connectivity index (χ4n) is 2.68. The minimum absolute atomic E-state index is 0.0758. The number of anilines is 1. The largest absolute Gasteiger partial charge is 0.391 e. The van der Waals surface area contributed by atoms with E-state index in [0.29, 0.717) is 13.0 Å². The van der Waals surface area contributed by atoms with Gasteiger partial charge in [0.15, 0.2) is 0 Å². The molecule has 1 saturated heterocycles. The van der Waals surface area contributed by atoms with Crippen LogP contribution in [0.15, 0.2) is 12.1 Å². The molecule has 1 heterocycles. The predicted octanol–water partition coefficient (Wildman–Crippen LogP) is 1.84. The van der Waals surface area contributed by atoms with Crippen molar-refractivity contribution in [3.05, 3.63) is 31.6 Å². The quantitative estimate of drug-likeness (QED) is 0.467. The molecule has 116 valence electrons. The lowest BCUT2D eigenvalue weighted by Crippen LogP contribution is -2.38. The number of nitrogens with zero attached hydrogens (tertiary/aromatic N) is 3. The summed E-state index contributed by atoms with van der Waals surface area (Å²) in [5.74, 6) is -0.485. The molecule has 0 bridgehead atoms. The van der Waals surface area contributed by atoms with Gasteiger partial charge in [0.1, 0.15) is 11.5 Å². The lowest BCUT2D eigenvalue weighted by Gasteiger charge is -2.28. The summed E-state index contributed by atoms with van der Waals surface area (Å²) in [4.78, 5) is 14.4. The topological polar surface area (TPSA) is 69.8 Å². The average molecular weight is 409 g/mol. The summed E-state index contributed by atoms with van der Waals surface area (Å²) in [5, 5.41) is 21.1. The minimum Gasteiger partial charge on any atom is -0.391 e. The first-order valence-corrected chi connectivity index (χ1v) is 7.60. The molecule has 1 aliphatic rings. The summed E-state index contributed by atoms with van der Waals surface area (Å²) in [7, 11) is 3.79. The van der Waals surface area contributed by atoms with Crippen LogP contribution in [0.5, 0.6) is 0 Å². The zero-order valence-electron chi connectivity index (χ0n) is 11.8. The molecule has 2 unspecified atom stereocenters. The Morgan fingerprint density at radius 1 is 1.57 bits per heavy atom. The van der Waals surface area contributed by atoms with Crippen LogP contribution in [0.3, 0.4) is 0 Å². The van der Waals surface area contributed by atoms with Crippen molar-refractivity contribution >= 4 is 34.0 Å². The second kappa shape index (κ2) is 6.41. The number of benzene rings is 1. The van der Waals surface area contributed by atoms with Gasteiger partial charge in [0.05, 0.1) is 14.6 Å². The van der Waals surface area contributed by atoms with E-state index in [-0.39, 0.29) is 27.5 Å². The van der Waals surface area contributed by atoms with Gasteiger partial charge in [-0.1, -0.05) is 0 Å². The SMILES string of the molecule is CN(C)CC1CC(O)CN1c1cc(F)c(I)cc1[N+](=O)[O-]. The highest BCUT2D eigenvalue weighted by Crippen LogP contribution is 2.36. The maximum Gasteiger partial charge on any atom is 0.293 e. The molecule has 8 heteroatoms. The van der Waals surface area contributed by atoms with Gasteiger partial charge in [-0.25, -0.2) is 4.39 Å². The van der Waals surface area contributed by atoms with Crippen LogP contribution < -0.4 is 4.90 Å². The number of aliphatic hydroxyl groups excluding tert-OH is 1. The molecule has 1 N–H and O–H groups in total. The van der Waals surface area contributed by atoms with Gasteiger partial charge in [0.25, 0.3) is 5.69 Å². The number of likely N-dealkylation sites (N-methyl/N-ethyl adjacent to an activating group) is 1. The summed E-state index contributed by atoms with van der Waals surface area (Å²) in [5.41, 5.74) is 0.111. The first-order valence-electron chi connectivity index (χ1n) is 6.52. The molecule has 0 aromatic heterocycles. The Morgan fingerprint density at radius 2 is 2.24 bits per heavy atom. The molecular formula is C13H17FIN3O3. The summed E-state index contributed by atoms with van der Waals surface area (Å²) in [6, 6.07) is 2.36. The number of halogens is 2. The van der Waals surface area contributed by atoms with E-state index in [1.165, 1.54) is 12.1 Å². The third-order valence-electron chi connectivity index (χ3n) is 3.49. The molecule has 1 aromatic rings. The van der Waals surface area contributed by atoms with Crippen LogP contribution in [0.25, 0.3) is 0 Å². The van der Waals surface area contributed by atoms with Crippen LogP contribution >= 0.6 is 22.6 Å². The zero-order valence-corrected chi connectivity index (χ0v) is 13.9. The van der Waals surface area contributed by atoms with Crippen molar-refractivity contribution in [2.24, 2.45) is 0 Å². The monoisotopic (exact) mass is 409 g/mol. The number of hydrogen-bond donors (Lipinski definition) is 1. The zero-order chi connectivity index (χ0) is 15.7. The van der Waals surface area contributed by atoms with Crippen molar-refractivity contribution in [1.29, 1.82) is 0 Å². The molecule has 1 aliphatic heterocycles. The molecule has 0 aliphatic carbocycles. The summed E-state index contributed by atoms with van der Waals surface area (Å²) in [6.07, 6.45) is -0.0416. The highest BCUT2D eigenvalue weighted by molar-refractivity contribution is 14.1. The van der Waals surface area contributed by atoms with Gasteiger partial charge < -0.3 is 14.9 Å². The molecule has 6 nitrogen and oxygen atoms in total. The van der Waals surface area contributed by atoms with Crippen molar-refractivity contribution in [1.82, 2.24) is 4.90 Å². The molecular weight excluding hydrogens is 392 g/mol. The summed E-state index contributed by atoms with van der Waals surface area (Å²) >= 11 is 1.74. The maximum atomic E-state index is 13.8. The van der Waals surface area contributed by atoms with E-state index >= 15 is 0 Å². The second-order valence-corrected chi connectivity index (χ2v) is 6.63. The van der Waals surface area contributed by atoms with Gasteiger partial charge in [-0.3, -0.25) is 10.1 Å². The van der Waals surface area contributed by atoms with Crippen LogP contribution in [-0.2, 0) is 0 Å².